The van der Waals surface area contributed by atoms with Crippen LogP contribution in [0.15, 0.2) is 53.6 Å². The van der Waals surface area contributed by atoms with Crippen LogP contribution in [-0.2, 0) is 9.53 Å². The van der Waals surface area contributed by atoms with Gasteiger partial charge in [-0.15, -0.1) is 0 Å². The number of methoxy groups -OCH3 is 1. The number of hydrogen-bond donors (Lipinski definition) is 1. The summed E-state index contributed by atoms with van der Waals surface area (Å²) >= 11 is 6.12. The lowest BCUT2D eigenvalue weighted by Crippen LogP contribution is -2.49. The number of hydrazone groups is 1. The van der Waals surface area contributed by atoms with Crippen LogP contribution >= 0.6 is 11.6 Å². The average Bonchev–Trinajstić information content (AvgIpc) is 3.38. The van der Waals surface area contributed by atoms with Crippen molar-refractivity contribution >= 4 is 29.3 Å². The molecule has 1 unspecified atom stereocenters. The molecule has 10 heteroatoms. The van der Waals surface area contributed by atoms with Crippen LogP contribution in [0.2, 0.25) is 5.02 Å². The normalized spacial score (nSPS) is 17.9. The van der Waals surface area contributed by atoms with Crippen molar-refractivity contribution in [3.05, 3.63) is 64.7 Å². The van der Waals surface area contributed by atoms with Crippen molar-refractivity contribution in [3.63, 3.8) is 0 Å². The van der Waals surface area contributed by atoms with Gasteiger partial charge in [-0.2, -0.15) is 5.10 Å². The number of nitrogens with zero attached hydrogens (tertiary/aromatic N) is 4. The van der Waals surface area contributed by atoms with E-state index in [-0.39, 0.29) is 24.5 Å². The molecule has 0 bridgehead atoms. The zero-order chi connectivity index (χ0) is 26.2. The van der Waals surface area contributed by atoms with E-state index in [1.54, 1.807) is 12.0 Å². The lowest BCUT2D eigenvalue weighted by Gasteiger charge is -2.31. The molecule has 37 heavy (non-hydrogen) atoms. The number of rotatable bonds is 9. The second-order valence-electron chi connectivity index (χ2n) is 9.00. The SMILES string of the molecule is CCNC(=O)N(CCN1CCOCC1)CC(=O)N1N=C(c2ccc(OC)cc2)CC1c1ccc(Cl)cc1. The average molecular weight is 528 g/mol. The minimum atomic E-state index is -0.294. The molecule has 4 rings (SSSR count). The van der Waals surface area contributed by atoms with E-state index in [2.05, 4.69) is 10.2 Å². The number of morpholine rings is 1. The number of nitrogens with one attached hydrogen (secondary N) is 1. The lowest BCUT2D eigenvalue weighted by molar-refractivity contribution is -0.133. The Hall–Kier alpha value is -3.14. The van der Waals surface area contributed by atoms with E-state index in [0.29, 0.717) is 44.3 Å². The van der Waals surface area contributed by atoms with Crippen LogP contribution in [0.5, 0.6) is 5.75 Å². The van der Waals surface area contributed by atoms with Gasteiger partial charge >= 0.3 is 6.03 Å². The third kappa shape index (κ3) is 7.00. The maximum Gasteiger partial charge on any atom is 0.317 e. The summed E-state index contributed by atoms with van der Waals surface area (Å²) in [6.07, 6.45) is 0.550. The van der Waals surface area contributed by atoms with Gasteiger partial charge in [0.2, 0.25) is 0 Å². The lowest BCUT2D eigenvalue weighted by atomic mass is 9.98. The van der Waals surface area contributed by atoms with Crippen LogP contribution in [0.4, 0.5) is 4.79 Å². The van der Waals surface area contributed by atoms with Gasteiger partial charge in [0.1, 0.15) is 12.3 Å². The molecule has 2 aliphatic rings. The first-order chi connectivity index (χ1) is 18.0. The zero-order valence-electron chi connectivity index (χ0n) is 21.4. The number of carbonyl (C=O) groups is 2. The Kier molecular flexibility index (Phi) is 9.38. The maximum absolute atomic E-state index is 13.7. The van der Waals surface area contributed by atoms with Crippen molar-refractivity contribution in [1.29, 1.82) is 0 Å². The fourth-order valence-electron chi connectivity index (χ4n) is 4.48. The molecular weight excluding hydrogens is 494 g/mol. The van der Waals surface area contributed by atoms with Crippen molar-refractivity contribution in [2.45, 2.75) is 19.4 Å². The highest BCUT2D eigenvalue weighted by Crippen LogP contribution is 2.33. The minimum Gasteiger partial charge on any atom is -0.497 e. The fourth-order valence-corrected chi connectivity index (χ4v) is 4.61. The van der Waals surface area contributed by atoms with E-state index in [4.69, 9.17) is 26.2 Å². The van der Waals surface area contributed by atoms with E-state index < -0.39 is 0 Å². The Morgan fingerprint density at radius 1 is 1.14 bits per heavy atom. The topological polar surface area (TPSA) is 86.7 Å². The molecule has 2 aromatic carbocycles. The summed E-state index contributed by atoms with van der Waals surface area (Å²) in [5, 5.41) is 9.72. The van der Waals surface area contributed by atoms with E-state index in [1.165, 1.54) is 5.01 Å². The van der Waals surface area contributed by atoms with Gasteiger partial charge in [0.05, 0.1) is 32.1 Å². The molecule has 9 nitrogen and oxygen atoms in total. The number of benzene rings is 2. The molecule has 1 saturated heterocycles. The summed E-state index contributed by atoms with van der Waals surface area (Å²) in [5.41, 5.74) is 2.65. The Morgan fingerprint density at radius 3 is 2.49 bits per heavy atom. The zero-order valence-corrected chi connectivity index (χ0v) is 22.1. The Labute approximate surface area is 222 Å². The molecule has 198 valence electrons. The van der Waals surface area contributed by atoms with Crippen molar-refractivity contribution in [1.82, 2.24) is 20.1 Å². The number of carbonyl (C=O) groups excluding carboxylic acids is 2. The van der Waals surface area contributed by atoms with Crippen LogP contribution < -0.4 is 10.1 Å². The number of hydrogen-bond acceptors (Lipinski definition) is 6. The predicted octanol–water partition coefficient (Wildman–Crippen LogP) is 3.39. The van der Waals surface area contributed by atoms with Crippen LogP contribution in [0, 0.1) is 0 Å². The Morgan fingerprint density at radius 2 is 1.84 bits per heavy atom. The van der Waals surface area contributed by atoms with E-state index >= 15 is 0 Å². The first kappa shape index (κ1) is 26.9. The van der Waals surface area contributed by atoms with Crippen LogP contribution in [0.1, 0.15) is 30.5 Å². The van der Waals surface area contributed by atoms with E-state index in [1.807, 2.05) is 55.5 Å². The van der Waals surface area contributed by atoms with Gasteiger partial charge in [-0.25, -0.2) is 9.80 Å². The molecule has 2 aliphatic heterocycles. The number of halogens is 1. The van der Waals surface area contributed by atoms with E-state index in [9.17, 15) is 9.59 Å². The van der Waals surface area contributed by atoms with Gasteiger partial charge in [0.25, 0.3) is 5.91 Å². The van der Waals surface area contributed by atoms with E-state index in [0.717, 1.165) is 35.7 Å². The van der Waals surface area contributed by atoms with Crippen LogP contribution in [-0.4, -0.2) is 92.1 Å². The molecule has 0 spiro atoms. The van der Waals surface area contributed by atoms with Gasteiger partial charge in [-0.05, 0) is 54.4 Å². The largest absolute Gasteiger partial charge is 0.497 e. The molecule has 2 heterocycles. The summed E-state index contributed by atoms with van der Waals surface area (Å²) in [6, 6.07) is 14.5. The number of ether oxygens (including phenoxy) is 2. The molecule has 1 atom stereocenters. The van der Waals surface area contributed by atoms with Gasteiger partial charge in [0, 0.05) is 44.2 Å². The third-order valence-electron chi connectivity index (χ3n) is 6.58. The molecule has 0 aliphatic carbocycles. The smallest absolute Gasteiger partial charge is 0.317 e. The standard InChI is InChI=1S/C27H34ClN5O4/c1-3-29-27(35)32(13-12-31-14-16-37-17-15-31)19-26(34)33-25(21-4-8-22(28)9-5-21)18-24(30-33)20-6-10-23(36-2)11-7-20/h4-11,25H,3,12-19H2,1-2H3,(H,29,35). The summed E-state index contributed by atoms with van der Waals surface area (Å²) < 4.78 is 10.7. The highest BCUT2D eigenvalue weighted by atomic mass is 35.5. The highest BCUT2D eigenvalue weighted by Gasteiger charge is 2.34. The predicted molar refractivity (Wildman–Crippen MR) is 143 cm³/mol. The summed E-state index contributed by atoms with van der Waals surface area (Å²) in [5.74, 6) is 0.513. The second-order valence-corrected chi connectivity index (χ2v) is 9.43. The number of amides is 3. The minimum absolute atomic E-state index is 0.0698. The first-order valence-electron chi connectivity index (χ1n) is 12.6. The Bertz CT molecular complexity index is 1090. The molecular formula is C27H34ClN5O4. The summed E-state index contributed by atoms with van der Waals surface area (Å²) in [7, 11) is 1.62. The van der Waals surface area contributed by atoms with Crippen molar-refractivity contribution in [3.8, 4) is 5.75 Å². The maximum atomic E-state index is 13.7. The molecule has 0 aromatic heterocycles. The fraction of sp³-hybridized carbons (Fsp3) is 0.444. The molecule has 0 radical (unpaired) electrons. The molecule has 2 aromatic rings. The van der Waals surface area contributed by atoms with Gasteiger partial charge in [-0.1, -0.05) is 23.7 Å². The molecule has 1 fully saturated rings. The summed E-state index contributed by atoms with van der Waals surface area (Å²) in [4.78, 5) is 30.3. The van der Waals surface area contributed by atoms with Crippen LogP contribution in [0.25, 0.3) is 0 Å². The number of urea groups is 1. The van der Waals surface area contributed by atoms with Gasteiger partial charge in [-0.3, -0.25) is 9.69 Å². The second kappa shape index (κ2) is 12.9. The van der Waals surface area contributed by atoms with Gasteiger partial charge < -0.3 is 19.7 Å². The first-order valence-corrected chi connectivity index (χ1v) is 13.0. The highest BCUT2D eigenvalue weighted by molar-refractivity contribution is 6.30. The monoisotopic (exact) mass is 527 g/mol. The van der Waals surface area contributed by atoms with Crippen LogP contribution in [0.3, 0.4) is 0 Å². The van der Waals surface area contributed by atoms with Crippen molar-refractivity contribution in [2.75, 3.05) is 59.6 Å². The Balaban J connectivity index is 1.54. The molecule has 1 N–H and O–H groups in total. The summed E-state index contributed by atoms with van der Waals surface area (Å²) in [6.45, 7) is 6.38. The molecule has 0 saturated carbocycles. The van der Waals surface area contributed by atoms with Crippen molar-refractivity contribution < 1.29 is 19.1 Å². The third-order valence-corrected chi connectivity index (χ3v) is 6.83. The van der Waals surface area contributed by atoms with Gasteiger partial charge in [0.15, 0.2) is 0 Å². The quantitative estimate of drug-likeness (QED) is 0.540. The molecule has 3 amide bonds. The van der Waals surface area contributed by atoms with Crippen molar-refractivity contribution in [2.24, 2.45) is 5.10 Å².